The molecule has 2 aliphatic rings. The Kier molecular flexibility index (Phi) is 20.6. The highest BCUT2D eigenvalue weighted by Gasteiger charge is 2.47. The SMILES string of the molecule is CCn1c(-c2cc(N3CCN(C(=O)OCc4ccccc4)CC3)cnc2[C@H](C)OC)c(CC(C)(C)CO)c2nc(-c3cc(C[C@H](NC(=O)OC(C)(C)C)C(=O)N4CCC[C@@H](C(=O)OC)N4)cc(O[Si](C(C)C)(C(C)C)C(C)C)c3)ccc21. The number of fused-ring (bicyclic) bond motifs is 1. The summed E-state index contributed by atoms with van der Waals surface area (Å²) in [7, 11) is 0.419. The Hall–Kier alpha value is -6.54. The number of benzene rings is 2. The first-order valence-corrected chi connectivity index (χ1v) is 31.3. The van der Waals surface area contributed by atoms with Gasteiger partial charge in [0.05, 0.1) is 53.2 Å². The molecule has 0 saturated carbocycles. The standard InChI is InChI=1S/C63H90N8O10Si/c1-16-70-54-25-24-51(46-31-45(32-48(34-46)81-82(40(2)3,41(4)5)42(6)7)33-53(66-60(75)80-62(9,10)11)58(73)71-26-20-23-52(67-71)59(74)78-15)65-56(54)50(36-63(12,13)39-72)57(70)49-35-47(37-64-55(49)43(8)77-14)68-27-29-69(30-28-68)61(76)79-38-44-21-18-17-19-22-44/h17-19,21-22,24-25,31-32,34-35,37,40-43,52-53,67,72H,16,20,23,26-30,33,36,38-39H2,1-15H3,(H,66,75)/t43-,52-,53-/m0/s1. The molecule has 3 N–H and O–H groups in total. The molecular weight excluding hydrogens is 1060 g/mol. The fraction of sp³-hybridized carbons (Fsp3) is 0.556. The minimum Gasteiger partial charge on any atom is -0.543 e. The fourth-order valence-corrected chi connectivity index (χ4v) is 17.1. The molecule has 3 aromatic heterocycles. The number of ether oxygens (including phenoxy) is 4. The lowest BCUT2D eigenvalue weighted by molar-refractivity contribution is -0.150. The number of aliphatic hydroxyl groups is 1. The number of piperazine rings is 1. The molecule has 2 aliphatic heterocycles. The summed E-state index contributed by atoms with van der Waals surface area (Å²) in [6.45, 7) is 30.1. The van der Waals surface area contributed by atoms with E-state index in [1.807, 2.05) is 81.6 Å². The van der Waals surface area contributed by atoms with Gasteiger partial charge in [-0.25, -0.2) is 20.0 Å². The maximum atomic E-state index is 14.7. The first kappa shape index (κ1) is 63.0. The number of nitrogens with one attached hydrogen (secondary N) is 2. The molecule has 3 atom stereocenters. The van der Waals surface area contributed by atoms with Crippen LogP contribution in [0.3, 0.4) is 0 Å². The molecule has 7 rings (SSSR count). The predicted octanol–water partition coefficient (Wildman–Crippen LogP) is 11.2. The van der Waals surface area contributed by atoms with Gasteiger partial charge in [0.25, 0.3) is 14.2 Å². The van der Waals surface area contributed by atoms with Crippen molar-refractivity contribution in [2.75, 3.05) is 58.5 Å². The van der Waals surface area contributed by atoms with Crippen LogP contribution in [0.1, 0.15) is 131 Å². The van der Waals surface area contributed by atoms with Crippen LogP contribution in [-0.2, 0) is 54.5 Å². The molecule has 0 radical (unpaired) electrons. The van der Waals surface area contributed by atoms with Crippen LogP contribution in [0.5, 0.6) is 5.75 Å². The summed E-state index contributed by atoms with van der Waals surface area (Å²) in [6.07, 6.45) is 1.96. The Morgan fingerprint density at radius 1 is 0.854 bits per heavy atom. The summed E-state index contributed by atoms with van der Waals surface area (Å²) in [5.41, 5.74) is 11.5. The third-order valence-corrected chi connectivity index (χ3v) is 22.0. The van der Waals surface area contributed by atoms with Gasteiger partial charge in [0.1, 0.15) is 30.0 Å². The van der Waals surface area contributed by atoms with Crippen molar-refractivity contribution in [3.63, 3.8) is 0 Å². The lowest BCUT2D eigenvalue weighted by atomic mass is 9.85. The number of hydrogen-bond acceptors (Lipinski definition) is 14. The number of hydrogen-bond donors (Lipinski definition) is 3. The van der Waals surface area contributed by atoms with Crippen molar-refractivity contribution in [2.24, 2.45) is 5.41 Å². The van der Waals surface area contributed by atoms with E-state index in [2.05, 4.69) is 80.8 Å². The molecule has 19 heteroatoms. The minimum atomic E-state index is -2.58. The monoisotopic (exact) mass is 1150 g/mol. The largest absolute Gasteiger partial charge is 0.543 e. The van der Waals surface area contributed by atoms with E-state index in [9.17, 15) is 24.3 Å². The van der Waals surface area contributed by atoms with Crippen molar-refractivity contribution in [2.45, 2.75) is 169 Å². The van der Waals surface area contributed by atoms with Crippen LogP contribution in [0.25, 0.3) is 33.5 Å². The number of aromatic nitrogens is 3. The van der Waals surface area contributed by atoms with Crippen molar-refractivity contribution < 1.29 is 47.7 Å². The molecular formula is C63H90N8O10Si. The molecule has 446 valence electrons. The van der Waals surface area contributed by atoms with E-state index in [-0.39, 0.29) is 48.5 Å². The lowest BCUT2D eigenvalue weighted by Gasteiger charge is -2.42. The van der Waals surface area contributed by atoms with Crippen molar-refractivity contribution in [3.8, 4) is 28.3 Å². The molecule has 2 aromatic carbocycles. The number of alkyl carbamates (subject to hydrolysis) is 1. The Balaban J connectivity index is 1.36. The molecule has 2 saturated heterocycles. The summed E-state index contributed by atoms with van der Waals surface area (Å²) in [5, 5.41) is 15.2. The molecule has 0 spiro atoms. The van der Waals surface area contributed by atoms with Gasteiger partial charge in [-0.05, 0) is 123 Å². The number of aliphatic hydroxyl groups excluding tert-OH is 1. The highest BCUT2D eigenvalue weighted by atomic mass is 28.4. The van der Waals surface area contributed by atoms with E-state index in [4.69, 9.17) is 33.3 Å². The van der Waals surface area contributed by atoms with E-state index in [1.165, 1.54) is 12.1 Å². The van der Waals surface area contributed by atoms with E-state index in [0.717, 1.165) is 50.4 Å². The van der Waals surface area contributed by atoms with E-state index in [0.29, 0.717) is 75.5 Å². The molecule has 18 nitrogen and oxygen atoms in total. The van der Waals surface area contributed by atoms with Gasteiger partial charge >= 0.3 is 18.2 Å². The topological polar surface area (TPSA) is 199 Å². The van der Waals surface area contributed by atoms with E-state index < -0.39 is 49.4 Å². The molecule has 5 aromatic rings. The van der Waals surface area contributed by atoms with Crippen LogP contribution in [0.2, 0.25) is 16.6 Å². The second-order valence-electron chi connectivity index (χ2n) is 24.7. The van der Waals surface area contributed by atoms with E-state index in [1.54, 1.807) is 32.8 Å². The lowest BCUT2D eigenvalue weighted by Crippen LogP contribution is -2.60. The number of methoxy groups -OCH3 is 2. The number of amides is 3. The highest BCUT2D eigenvalue weighted by molar-refractivity contribution is 6.78. The first-order valence-electron chi connectivity index (χ1n) is 29.2. The zero-order valence-corrected chi connectivity index (χ0v) is 52.2. The van der Waals surface area contributed by atoms with Gasteiger partial charge in [0.15, 0.2) is 0 Å². The zero-order chi connectivity index (χ0) is 59.8. The predicted molar refractivity (Wildman–Crippen MR) is 323 cm³/mol. The van der Waals surface area contributed by atoms with Gasteiger partial charge in [-0.15, -0.1) is 0 Å². The van der Waals surface area contributed by atoms with Crippen LogP contribution >= 0.6 is 0 Å². The van der Waals surface area contributed by atoms with Crippen LogP contribution in [-0.4, -0.2) is 133 Å². The highest BCUT2D eigenvalue weighted by Crippen LogP contribution is 2.45. The molecule has 0 bridgehead atoms. The number of anilines is 1. The normalized spacial score (nSPS) is 16.2. The number of esters is 1. The number of pyridine rings is 2. The number of carbonyl (C=O) groups excluding carboxylic acids is 4. The van der Waals surface area contributed by atoms with Crippen LogP contribution in [0.15, 0.2) is 72.9 Å². The second kappa shape index (κ2) is 26.8. The van der Waals surface area contributed by atoms with Gasteiger partial charge < -0.3 is 48.2 Å². The smallest absolute Gasteiger partial charge is 0.410 e. The van der Waals surface area contributed by atoms with Crippen LogP contribution in [0, 0.1) is 5.41 Å². The number of carbonyl (C=O) groups is 4. The Labute approximate surface area is 486 Å². The quantitative estimate of drug-likeness (QED) is 0.0356. The summed E-state index contributed by atoms with van der Waals surface area (Å²) >= 11 is 0. The zero-order valence-electron chi connectivity index (χ0n) is 51.2. The summed E-state index contributed by atoms with van der Waals surface area (Å²) in [5.74, 6) is -0.275. The van der Waals surface area contributed by atoms with Gasteiger partial charge in [-0.2, -0.15) is 0 Å². The number of hydrazine groups is 1. The molecule has 5 heterocycles. The first-order chi connectivity index (χ1) is 38.8. The average molecular weight is 1150 g/mol. The summed E-state index contributed by atoms with van der Waals surface area (Å²) < 4.78 is 32.2. The average Bonchev–Trinajstić information content (AvgIpc) is 2.45. The van der Waals surface area contributed by atoms with Crippen LogP contribution in [0.4, 0.5) is 15.3 Å². The molecule has 0 unspecified atom stereocenters. The maximum absolute atomic E-state index is 14.7. The molecule has 82 heavy (non-hydrogen) atoms. The molecule has 0 aliphatic carbocycles. The fourth-order valence-electron chi connectivity index (χ4n) is 11.9. The van der Waals surface area contributed by atoms with Gasteiger partial charge in [-0.3, -0.25) is 19.6 Å². The van der Waals surface area contributed by atoms with Crippen molar-refractivity contribution in [1.82, 2.24) is 35.2 Å². The van der Waals surface area contributed by atoms with Crippen molar-refractivity contribution in [3.05, 3.63) is 95.3 Å². The van der Waals surface area contributed by atoms with Gasteiger partial charge in [0, 0.05) is 76.1 Å². The van der Waals surface area contributed by atoms with Gasteiger partial charge in [0.2, 0.25) is 0 Å². The second-order valence-corrected chi connectivity index (χ2v) is 30.1. The number of aryl methyl sites for hydroxylation is 1. The number of nitrogens with zero attached hydrogens (tertiary/aromatic N) is 6. The Morgan fingerprint density at radius 2 is 1.54 bits per heavy atom. The third kappa shape index (κ3) is 14.6. The summed E-state index contributed by atoms with van der Waals surface area (Å²) in [4.78, 5) is 69.1. The summed E-state index contributed by atoms with van der Waals surface area (Å²) in [6, 6.07) is 20.1. The van der Waals surface area contributed by atoms with Gasteiger partial charge in [-0.1, -0.05) is 85.7 Å². The maximum Gasteiger partial charge on any atom is 0.410 e. The Bertz CT molecular complexity index is 3000. The number of rotatable bonds is 21. The third-order valence-electron chi connectivity index (χ3n) is 16.0. The van der Waals surface area contributed by atoms with Crippen molar-refractivity contribution >= 4 is 49.1 Å². The van der Waals surface area contributed by atoms with Crippen LogP contribution < -0.4 is 20.1 Å². The van der Waals surface area contributed by atoms with E-state index >= 15 is 0 Å². The Morgan fingerprint density at radius 3 is 2.15 bits per heavy atom. The minimum absolute atomic E-state index is 0.0503. The molecule has 2 fully saturated rings. The molecule has 3 amide bonds. The van der Waals surface area contributed by atoms with Crippen molar-refractivity contribution in [1.29, 1.82) is 0 Å².